The monoisotopic (exact) mass is 278 g/mol. The van der Waals surface area contributed by atoms with E-state index in [2.05, 4.69) is 19.9 Å². The third-order valence-electron chi connectivity index (χ3n) is 2.60. The van der Waals surface area contributed by atoms with Gasteiger partial charge in [-0.15, -0.1) is 0 Å². The maximum atomic E-state index is 11.6. The number of imidazole rings is 1. The lowest BCUT2D eigenvalue weighted by Gasteiger charge is -2.00. The van der Waals surface area contributed by atoms with E-state index in [0.29, 0.717) is 10.6 Å². The number of aromatic amines is 3. The number of benzene rings is 1. The molecule has 3 rings (SSSR count). The van der Waals surface area contributed by atoms with Crippen LogP contribution in [0.4, 0.5) is 0 Å². The van der Waals surface area contributed by atoms with Crippen LogP contribution < -0.4 is 11.2 Å². The van der Waals surface area contributed by atoms with E-state index in [1.807, 2.05) is 0 Å². The molecule has 0 spiro atoms. The fourth-order valence-electron chi connectivity index (χ4n) is 1.77. The van der Waals surface area contributed by atoms with E-state index in [-0.39, 0.29) is 22.7 Å². The summed E-state index contributed by atoms with van der Waals surface area (Å²) in [5.74, 6) is 0.182. The number of aromatic hydroxyl groups is 1. The number of fused-ring (bicyclic) bond motifs is 1. The van der Waals surface area contributed by atoms with Crippen LogP contribution in [0.3, 0.4) is 0 Å². The standard InChI is InChI=1S/C11H7ClN4O3/c12-4-1-2-5(6(17)3-4)8-13-7-9(14-8)15-11(19)16-10(7)18/h1-3,17H,(H3,13,14,15,16,18,19). The number of aromatic nitrogens is 4. The molecule has 0 saturated carbocycles. The molecular weight excluding hydrogens is 272 g/mol. The first-order valence-electron chi connectivity index (χ1n) is 5.26. The molecule has 0 bridgehead atoms. The summed E-state index contributed by atoms with van der Waals surface area (Å²) in [5.41, 5.74) is -0.593. The second-order valence-corrected chi connectivity index (χ2v) is 4.32. The second kappa shape index (κ2) is 3.99. The number of phenolic OH excluding ortho intramolecular Hbond substituents is 1. The third-order valence-corrected chi connectivity index (χ3v) is 2.84. The molecule has 1 aromatic carbocycles. The number of rotatable bonds is 1. The average Bonchev–Trinajstić information content (AvgIpc) is 2.72. The predicted octanol–water partition coefficient (Wildman–Crippen LogP) is 0.966. The molecule has 4 N–H and O–H groups in total. The van der Waals surface area contributed by atoms with Gasteiger partial charge >= 0.3 is 5.69 Å². The Bertz CT molecular complexity index is 893. The molecule has 8 heteroatoms. The van der Waals surface area contributed by atoms with E-state index in [1.54, 1.807) is 12.1 Å². The van der Waals surface area contributed by atoms with E-state index in [9.17, 15) is 14.7 Å². The molecule has 0 fully saturated rings. The minimum Gasteiger partial charge on any atom is -0.507 e. The van der Waals surface area contributed by atoms with E-state index in [1.165, 1.54) is 6.07 Å². The highest BCUT2D eigenvalue weighted by molar-refractivity contribution is 6.30. The van der Waals surface area contributed by atoms with Crippen molar-refractivity contribution in [3.05, 3.63) is 44.1 Å². The van der Waals surface area contributed by atoms with Crippen molar-refractivity contribution in [3.63, 3.8) is 0 Å². The molecule has 0 aliphatic rings. The van der Waals surface area contributed by atoms with Gasteiger partial charge in [-0.05, 0) is 18.2 Å². The Labute approximate surface area is 109 Å². The van der Waals surface area contributed by atoms with Crippen molar-refractivity contribution in [1.29, 1.82) is 0 Å². The summed E-state index contributed by atoms with van der Waals surface area (Å²) in [4.78, 5) is 34.0. The molecule has 2 aromatic heterocycles. The van der Waals surface area contributed by atoms with Gasteiger partial charge in [-0.1, -0.05) is 11.6 Å². The largest absolute Gasteiger partial charge is 0.507 e. The van der Waals surface area contributed by atoms with Crippen molar-refractivity contribution in [2.24, 2.45) is 0 Å². The van der Waals surface area contributed by atoms with Gasteiger partial charge in [0.1, 0.15) is 17.1 Å². The number of hydrogen-bond acceptors (Lipinski definition) is 4. The molecule has 7 nitrogen and oxygen atoms in total. The Morgan fingerprint density at radius 1 is 1.16 bits per heavy atom. The van der Waals surface area contributed by atoms with Crippen LogP contribution in [0.25, 0.3) is 22.6 Å². The Morgan fingerprint density at radius 2 is 1.95 bits per heavy atom. The van der Waals surface area contributed by atoms with Gasteiger partial charge in [0.15, 0.2) is 5.65 Å². The summed E-state index contributed by atoms with van der Waals surface area (Å²) < 4.78 is 0. The minimum atomic E-state index is -0.643. The summed E-state index contributed by atoms with van der Waals surface area (Å²) in [6.07, 6.45) is 0. The van der Waals surface area contributed by atoms with Crippen LogP contribution in [-0.2, 0) is 0 Å². The minimum absolute atomic E-state index is 0.0784. The zero-order valence-electron chi connectivity index (χ0n) is 9.32. The topological polar surface area (TPSA) is 115 Å². The van der Waals surface area contributed by atoms with Gasteiger partial charge < -0.3 is 10.1 Å². The molecule has 2 heterocycles. The summed E-state index contributed by atoms with van der Waals surface area (Å²) in [6.45, 7) is 0. The summed E-state index contributed by atoms with van der Waals surface area (Å²) in [6, 6.07) is 4.50. The van der Waals surface area contributed by atoms with Gasteiger partial charge in [0.2, 0.25) is 0 Å². The molecule has 19 heavy (non-hydrogen) atoms. The average molecular weight is 279 g/mol. The van der Waals surface area contributed by atoms with Crippen LogP contribution in [-0.4, -0.2) is 25.0 Å². The maximum Gasteiger partial charge on any atom is 0.327 e. The van der Waals surface area contributed by atoms with Gasteiger partial charge in [0, 0.05) is 5.02 Å². The summed E-state index contributed by atoms with van der Waals surface area (Å²) in [7, 11) is 0. The molecule has 0 radical (unpaired) electrons. The van der Waals surface area contributed by atoms with Crippen LogP contribution in [0.2, 0.25) is 5.02 Å². The molecule has 0 amide bonds. The Balaban J connectivity index is 2.29. The Morgan fingerprint density at radius 3 is 2.68 bits per heavy atom. The predicted molar refractivity (Wildman–Crippen MR) is 69.4 cm³/mol. The number of halogens is 1. The Kier molecular flexibility index (Phi) is 2.42. The van der Waals surface area contributed by atoms with E-state index in [4.69, 9.17) is 11.6 Å². The van der Waals surface area contributed by atoms with Crippen LogP contribution in [0.1, 0.15) is 0 Å². The van der Waals surface area contributed by atoms with Gasteiger partial charge in [-0.2, -0.15) is 0 Å². The lowest BCUT2D eigenvalue weighted by molar-refractivity contribution is 0.477. The number of phenols is 1. The van der Waals surface area contributed by atoms with E-state index in [0.717, 1.165) is 0 Å². The second-order valence-electron chi connectivity index (χ2n) is 3.88. The molecular formula is C11H7ClN4O3. The number of nitrogens with zero attached hydrogens (tertiary/aromatic N) is 1. The third kappa shape index (κ3) is 1.89. The van der Waals surface area contributed by atoms with E-state index >= 15 is 0 Å². The van der Waals surface area contributed by atoms with Crippen molar-refractivity contribution in [1.82, 2.24) is 19.9 Å². The van der Waals surface area contributed by atoms with Gasteiger partial charge in [-0.25, -0.2) is 9.78 Å². The van der Waals surface area contributed by atoms with Crippen LogP contribution in [0.5, 0.6) is 5.75 Å². The normalized spacial score (nSPS) is 11.0. The molecule has 3 aromatic rings. The zero-order valence-corrected chi connectivity index (χ0v) is 10.1. The Hall–Kier alpha value is -2.54. The lowest BCUT2D eigenvalue weighted by Crippen LogP contribution is -2.21. The molecule has 0 saturated heterocycles. The fraction of sp³-hybridized carbons (Fsp3) is 0. The zero-order chi connectivity index (χ0) is 13.6. The van der Waals surface area contributed by atoms with Crippen LogP contribution >= 0.6 is 11.6 Å². The SMILES string of the molecule is O=c1[nH]c(=O)c2[nH]c(-c3ccc(Cl)cc3O)nc2[nH]1. The molecule has 0 atom stereocenters. The van der Waals surface area contributed by atoms with Crippen molar-refractivity contribution < 1.29 is 5.11 Å². The first kappa shape index (κ1) is 11.5. The highest BCUT2D eigenvalue weighted by Gasteiger charge is 2.12. The van der Waals surface area contributed by atoms with Crippen LogP contribution in [0.15, 0.2) is 27.8 Å². The number of nitrogens with one attached hydrogen (secondary N) is 3. The number of H-pyrrole nitrogens is 3. The van der Waals surface area contributed by atoms with Crippen molar-refractivity contribution in [2.45, 2.75) is 0 Å². The maximum absolute atomic E-state index is 11.6. The first-order valence-corrected chi connectivity index (χ1v) is 5.63. The van der Waals surface area contributed by atoms with Crippen molar-refractivity contribution >= 4 is 22.8 Å². The molecule has 0 aliphatic carbocycles. The van der Waals surface area contributed by atoms with Gasteiger partial charge in [0.25, 0.3) is 5.56 Å². The molecule has 0 unspecified atom stereocenters. The number of hydrogen-bond donors (Lipinski definition) is 4. The highest BCUT2D eigenvalue weighted by Crippen LogP contribution is 2.29. The van der Waals surface area contributed by atoms with Crippen LogP contribution in [0, 0.1) is 0 Å². The fourth-order valence-corrected chi connectivity index (χ4v) is 1.93. The quantitative estimate of drug-likeness (QED) is 0.531. The van der Waals surface area contributed by atoms with Crippen molar-refractivity contribution in [2.75, 3.05) is 0 Å². The van der Waals surface area contributed by atoms with Gasteiger partial charge in [-0.3, -0.25) is 14.8 Å². The summed E-state index contributed by atoms with van der Waals surface area (Å²) in [5, 5.41) is 10.2. The first-order chi connectivity index (χ1) is 9.04. The molecule has 96 valence electrons. The smallest absolute Gasteiger partial charge is 0.327 e. The lowest BCUT2D eigenvalue weighted by atomic mass is 10.2. The summed E-state index contributed by atoms with van der Waals surface area (Å²) >= 11 is 5.74. The molecule has 0 aliphatic heterocycles. The van der Waals surface area contributed by atoms with E-state index < -0.39 is 11.2 Å². The van der Waals surface area contributed by atoms with Crippen molar-refractivity contribution in [3.8, 4) is 17.1 Å². The van der Waals surface area contributed by atoms with Gasteiger partial charge in [0.05, 0.1) is 5.56 Å². The highest BCUT2D eigenvalue weighted by atomic mass is 35.5.